The number of nitrogens with zero attached hydrogens (tertiary/aromatic N) is 1. The molecule has 0 radical (unpaired) electrons. The molecule has 2 nitrogen and oxygen atoms in total. The lowest BCUT2D eigenvalue weighted by molar-refractivity contribution is -0.117. The van der Waals surface area contributed by atoms with Gasteiger partial charge in [-0.15, -0.1) is 0 Å². The molecule has 0 bridgehead atoms. The quantitative estimate of drug-likeness (QED) is 0.568. The van der Waals surface area contributed by atoms with E-state index in [0.29, 0.717) is 5.78 Å². The molecule has 3 atom stereocenters. The van der Waals surface area contributed by atoms with Gasteiger partial charge in [0.25, 0.3) is 0 Å². The SMILES string of the molecule is CC(=O)CCN1[C@@H]2CCC[C@@H]21. The zero-order chi connectivity index (χ0) is 7.84. The Bertz CT molecular complexity index is 168. The number of Topliss-reactive ketones (excluding diaryl/α,β-unsaturated/α-hetero) is 1. The normalized spacial score (nSPS) is 40.3. The molecule has 2 aliphatic rings. The second-order valence-electron chi connectivity index (χ2n) is 3.76. The fourth-order valence-electron chi connectivity index (χ4n) is 2.26. The molecule has 0 amide bonds. The van der Waals surface area contributed by atoms with Crippen LogP contribution in [-0.2, 0) is 4.79 Å². The monoisotopic (exact) mass is 153 g/mol. The number of ketones is 1. The van der Waals surface area contributed by atoms with Crippen molar-refractivity contribution in [3.63, 3.8) is 0 Å². The van der Waals surface area contributed by atoms with Crippen molar-refractivity contribution in [2.24, 2.45) is 0 Å². The van der Waals surface area contributed by atoms with E-state index in [1.54, 1.807) is 6.92 Å². The van der Waals surface area contributed by atoms with Crippen molar-refractivity contribution >= 4 is 5.78 Å². The lowest BCUT2D eigenvalue weighted by atomic mass is 10.3. The predicted octanol–water partition coefficient (Wildman–Crippen LogP) is 1.20. The van der Waals surface area contributed by atoms with E-state index >= 15 is 0 Å². The number of hydrogen-bond donors (Lipinski definition) is 0. The van der Waals surface area contributed by atoms with Gasteiger partial charge in [0.1, 0.15) is 5.78 Å². The van der Waals surface area contributed by atoms with E-state index in [-0.39, 0.29) is 0 Å². The average Bonchev–Trinajstić information content (AvgIpc) is 2.44. The van der Waals surface area contributed by atoms with Crippen LogP contribution in [0.5, 0.6) is 0 Å². The first kappa shape index (κ1) is 7.29. The summed E-state index contributed by atoms with van der Waals surface area (Å²) in [5.41, 5.74) is 0. The van der Waals surface area contributed by atoms with Crippen LogP contribution in [0.3, 0.4) is 0 Å². The molecule has 1 unspecified atom stereocenters. The first-order valence-electron chi connectivity index (χ1n) is 4.54. The van der Waals surface area contributed by atoms with Crippen molar-refractivity contribution in [2.45, 2.75) is 44.7 Å². The maximum absolute atomic E-state index is 10.7. The average molecular weight is 153 g/mol. The van der Waals surface area contributed by atoms with E-state index in [0.717, 1.165) is 25.0 Å². The summed E-state index contributed by atoms with van der Waals surface area (Å²) < 4.78 is 0. The minimum Gasteiger partial charge on any atom is -0.300 e. The van der Waals surface area contributed by atoms with E-state index in [4.69, 9.17) is 0 Å². The third-order valence-corrected chi connectivity index (χ3v) is 2.93. The Balaban J connectivity index is 1.71. The van der Waals surface area contributed by atoms with Crippen molar-refractivity contribution in [1.82, 2.24) is 4.90 Å². The van der Waals surface area contributed by atoms with E-state index in [1.807, 2.05) is 0 Å². The Labute approximate surface area is 67.6 Å². The van der Waals surface area contributed by atoms with Gasteiger partial charge in [-0.25, -0.2) is 0 Å². The standard InChI is InChI=1S/C9H15NO/c1-7(11)5-6-10-8-3-2-4-9(8)10/h8-9H,2-6H2,1H3/t8-,9+,10?. The van der Waals surface area contributed by atoms with Crippen LogP contribution in [0.15, 0.2) is 0 Å². The Morgan fingerprint density at radius 2 is 2.09 bits per heavy atom. The molecule has 11 heavy (non-hydrogen) atoms. The number of rotatable bonds is 3. The van der Waals surface area contributed by atoms with Gasteiger partial charge in [-0.3, -0.25) is 9.69 Å². The molecule has 2 fully saturated rings. The number of likely N-dealkylation sites (tertiary alicyclic amines) is 1. The van der Waals surface area contributed by atoms with Crippen LogP contribution in [0.25, 0.3) is 0 Å². The maximum Gasteiger partial charge on any atom is 0.131 e. The summed E-state index contributed by atoms with van der Waals surface area (Å²) in [7, 11) is 0. The van der Waals surface area contributed by atoms with Crippen LogP contribution < -0.4 is 0 Å². The summed E-state index contributed by atoms with van der Waals surface area (Å²) in [6, 6.07) is 1.74. The molecule has 1 aliphatic carbocycles. The van der Waals surface area contributed by atoms with Gasteiger partial charge >= 0.3 is 0 Å². The van der Waals surface area contributed by atoms with Crippen molar-refractivity contribution in [2.75, 3.05) is 6.54 Å². The van der Waals surface area contributed by atoms with Crippen molar-refractivity contribution < 1.29 is 4.79 Å². The molecule has 0 spiro atoms. The topological polar surface area (TPSA) is 20.1 Å². The van der Waals surface area contributed by atoms with Crippen LogP contribution in [0, 0.1) is 0 Å². The van der Waals surface area contributed by atoms with Crippen LogP contribution in [-0.4, -0.2) is 29.3 Å². The number of hydrogen-bond acceptors (Lipinski definition) is 2. The molecule has 1 saturated carbocycles. The highest BCUT2D eigenvalue weighted by Gasteiger charge is 2.49. The summed E-state index contributed by atoms with van der Waals surface area (Å²) in [6.45, 7) is 2.70. The van der Waals surface area contributed by atoms with Crippen LogP contribution in [0.1, 0.15) is 32.6 Å². The van der Waals surface area contributed by atoms with Crippen molar-refractivity contribution in [3.05, 3.63) is 0 Å². The van der Waals surface area contributed by atoms with E-state index in [1.165, 1.54) is 19.3 Å². The second kappa shape index (κ2) is 2.59. The smallest absolute Gasteiger partial charge is 0.131 e. The molecule has 0 aromatic carbocycles. The number of carbonyl (C=O) groups is 1. The number of piperidine rings is 1. The van der Waals surface area contributed by atoms with Crippen LogP contribution in [0.2, 0.25) is 0 Å². The highest BCUT2D eigenvalue weighted by atomic mass is 16.1. The third-order valence-electron chi connectivity index (χ3n) is 2.93. The fourth-order valence-corrected chi connectivity index (χ4v) is 2.26. The van der Waals surface area contributed by atoms with E-state index in [2.05, 4.69) is 4.90 Å². The van der Waals surface area contributed by atoms with Gasteiger partial charge in [0.15, 0.2) is 0 Å². The minimum atomic E-state index is 0.329. The van der Waals surface area contributed by atoms with Gasteiger partial charge in [0.05, 0.1) is 0 Å². The molecule has 2 rings (SSSR count). The summed E-state index contributed by atoms with van der Waals surface area (Å²) in [5, 5.41) is 0. The minimum absolute atomic E-state index is 0.329. The molecule has 1 heterocycles. The van der Waals surface area contributed by atoms with Gasteiger partial charge in [0, 0.05) is 25.0 Å². The lowest BCUT2D eigenvalue weighted by Crippen LogP contribution is -2.10. The summed E-state index contributed by atoms with van der Waals surface area (Å²) in [4.78, 5) is 13.1. The molecule has 62 valence electrons. The molecule has 0 N–H and O–H groups in total. The van der Waals surface area contributed by atoms with Crippen LogP contribution >= 0.6 is 0 Å². The summed E-state index contributed by atoms with van der Waals surface area (Å²) in [5.74, 6) is 0.329. The molecular weight excluding hydrogens is 138 g/mol. The molecule has 0 aromatic rings. The number of fused-ring (bicyclic) bond motifs is 1. The highest BCUT2D eigenvalue weighted by Crippen LogP contribution is 2.41. The predicted molar refractivity (Wildman–Crippen MR) is 43.4 cm³/mol. The van der Waals surface area contributed by atoms with Gasteiger partial charge in [-0.1, -0.05) is 6.42 Å². The van der Waals surface area contributed by atoms with Gasteiger partial charge in [0.2, 0.25) is 0 Å². The Morgan fingerprint density at radius 3 is 2.64 bits per heavy atom. The molecule has 0 aromatic heterocycles. The molecule has 1 saturated heterocycles. The van der Waals surface area contributed by atoms with Crippen LogP contribution in [0.4, 0.5) is 0 Å². The van der Waals surface area contributed by atoms with Crippen molar-refractivity contribution in [3.8, 4) is 0 Å². The van der Waals surface area contributed by atoms with Gasteiger partial charge in [-0.05, 0) is 19.8 Å². The van der Waals surface area contributed by atoms with Gasteiger partial charge in [-0.2, -0.15) is 0 Å². The maximum atomic E-state index is 10.7. The largest absolute Gasteiger partial charge is 0.300 e. The summed E-state index contributed by atoms with van der Waals surface area (Å²) in [6.07, 6.45) is 4.92. The Morgan fingerprint density at radius 1 is 1.45 bits per heavy atom. The second-order valence-corrected chi connectivity index (χ2v) is 3.76. The zero-order valence-corrected chi connectivity index (χ0v) is 7.05. The fraction of sp³-hybridized carbons (Fsp3) is 0.889. The molecule has 2 heteroatoms. The first-order valence-corrected chi connectivity index (χ1v) is 4.54. The Hall–Kier alpha value is -0.370. The highest BCUT2D eigenvalue weighted by molar-refractivity contribution is 5.75. The zero-order valence-electron chi connectivity index (χ0n) is 7.05. The van der Waals surface area contributed by atoms with E-state index < -0.39 is 0 Å². The Kier molecular flexibility index (Phi) is 1.72. The number of carbonyl (C=O) groups excluding carboxylic acids is 1. The van der Waals surface area contributed by atoms with Crippen molar-refractivity contribution in [1.29, 1.82) is 0 Å². The van der Waals surface area contributed by atoms with Gasteiger partial charge < -0.3 is 0 Å². The summed E-state index contributed by atoms with van der Waals surface area (Å²) >= 11 is 0. The third kappa shape index (κ3) is 1.32. The van der Waals surface area contributed by atoms with E-state index in [9.17, 15) is 4.79 Å². The molecule has 1 aliphatic heterocycles. The molecular formula is C9H15NO. The first-order chi connectivity index (χ1) is 5.29. The lowest BCUT2D eigenvalue weighted by Gasteiger charge is -2.04.